The summed E-state index contributed by atoms with van der Waals surface area (Å²) in [6.07, 6.45) is 2.57. The molecule has 0 aliphatic carbocycles. The summed E-state index contributed by atoms with van der Waals surface area (Å²) in [5.41, 5.74) is 1.23. The Morgan fingerprint density at radius 1 is 1.35 bits per heavy atom. The van der Waals surface area contributed by atoms with E-state index in [2.05, 4.69) is 9.72 Å². The largest absolute Gasteiger partial charge is 0.465 e. The minimum absolute atomic E-state index is 0.0596. The maximum Gasteiger partial charge on any atom is 0.339 e. The topological polar surface area (TPSA) is 56.3 Å². The van der Waals surface area contributed by atoms with Gasteiger partial charge in [0.15, 0.2) is 0 Å². The monoisotopic (exact) mass is 235 g/mol. The van der Waals surface area contributed by atoms with Gasteiger partial charge in [-0.1, -0.05) is 13.8 Å². The van der Waals surface area contributed by atoms with E-state index >= 15 is 0 Å². The summed E-state index contributed by atoms with van der Waals surface area (Å²) >= 11 is 0. The average molecular weight is 235 g/mol. The van der Waals surface area contributed by atoms with Crippen molar-refractivity contribution in [3.05, 3.63) is 29.6 Å². The van der Waals surface area contributed by atoms with Gasteiger partial charge in [-0.3, -0.25) is 9.78 Å². The van der Waals surface area contributed by atoms with E-state index in [1.54, 1.807) is 12.1 Å². The van der Waals surface area contributed by atoms with Crippen LogP contribution in [0.25, 0.3) is 0 Å². The van der Waals surface area contributed by atoms with Gasteiger partial charge in [0, 0.05) is 24.2 Å². The number of Topliss-reactive ketones (excluding diaryl/α,β-unsaturated/α-hetero) is 1. The molecule has 1 aromatic rings. The minimum atomic E-state index is -0.401. The molecule has 4 heteroatoms. The molecule has 1 heterocycles. The molecule has 0 amide bonds. The summed E-state index contributed by atoms with van der Waals surface area (Å²) in [7, 11) is 1.33. The van der Waals surface area contributed by atoms with E-state index in [0.717, 1.165) is 5.69 Å². The number of esters is 1. The number of ether oxygens (including phenoxy) is 1. The molecule has 0 aliphatic rings. The van der Waals surface area contributed by atoms with E-state index in [1.165, 1.54) is 13.3 Å². The maximum absolute atomic E-state index is 11.4. The van der Waals surface area contributed by atoms with E-state index in [9.17, 15) is 9.59 Å². The van der Waals surface area contributed by atoms with Gasteiger partial charge in [0.25, 0.3) is 0 Å². The first kappa shape index (κ1) is 13.4. The summed E-state index contributed by atoms with van der Waals surface area (Å²) in [5.74, 6) is -0.115. The van der Waals surface area contributed by atoms with Crippen molar-refractivity contribution >= 4 is 11.8 Å². The molecule has 92 valence electrons. The van der Waals surface area contributed by atoms with Crippen LogP contribution < -0.4 is 0 Å². The first-order chi connectivity index (χ1) is 8.04. The number of aromatic nitrogens is 1. The number of aryl methyl sites for hydroxylation is 1. The van der Waals surface area contributed by atoms with E-state index < -0.39 is 5.97 Å². The molecule has 0 aliphatic heterocycles. The molecule has 0 atom stereocenters. The Hall–Kier alpha value is -1.71. The highest BCUT2D eigenvalue weighted by atomic mass is 16.5. The molecular weight excluding hydrogens is 218 g/mol. The molecule has 0 spiro atoms. The van der Waals surface area contributed by atoms with Crippen molar-refractivity contribution < 1.29 is 14.3 Å². The summed E-state index contributed by atoms with van der Waals surface area (Å²) in [5, 5.41) is 0. The molecule has 0 aromatic carbocycles. The van der Waals surface area contributed by atoms with Crippen molar-refractivity contribution in [1.82, 2.24) is 4.98 Å². The highest BCUT2D eigenvalue weighted by Crippen LogP contribution is 2.07. The quantitative estimate of drug-likeness (QED) is 0.733. The fraction of sp³-hybridized carbons (Fsp3) is 0.462. The lowest BCUT2D eigenvalue weighted by atomic mass is 10.0. The number of carbonyl (C=O) groups is 2. The van der Waals surface area contributed by atoms with Crippen molar-refractivity contribution in [2.75, 3.05) is 7.11 Å². The standard InChI is InChI=1S/C13H17NO3/c1-9(2)12(15)7-6-11-5-4-10(8-14-11)13(16)17-3/h4-5,8-9H,6-7H2,1-3H3. The third-order valence-electron chi connectivity index (χ3n) is 2.52. The number of hydrogen-bond acceptors (Lipinski definition) is 4. The molecule has 0 fully saturated rings. The number of rotatable bonds is 5. The van der Waals surface area contributed by atoms with Crippen LogP contribution in [0.15, 0.2) is 18.3 Å². The molecule has 17 heavy (non-hydrogen) atoms. The van der Waals surface area contributed by atoms with Crippen LogP contribution in [0.5, 0.6) is 0 Å². The molecule has 1 rings (SSSR count). The van der Waals surface area contributed by atoms with E-state index in [1.807, 2.05) is 13.8 Å². The number of nitrogens with zero attached hydrogens (tertiary/aromatic N) is 1. The maximum atomic E-state index is 11.4. The third-order valence-corrected chi connectivity index (χ3v) is 2.52. The lowest BCUT2D eigenvalue weighted by molar-refractivity contribution is -0.121. The normalized spacial score (nSPS) is 10.4. The van der Waals surface area contributed by atoms with E-state index in [4.69, 9.17) is 0 Å². The molecule has 1 aromatic heterocycles. The van der Waals surface area contributed by atoms with Crippen LogP contribution in [0.2, 0.25) is 0 Å². The number of methoxy groups -OCH3 is 1. The SMILES string of the molecule is COC(=O)c1ccc(CCC(=O)C(C)C)nc1. The first-order valence-corrected chi connectivity index (χ1v) is 5.60. The van der Waals surface area contributed by atoms with Gasteiger partial charge >= 0.3 is 5.97 Å². The average Bonchev–Trinajstić information content (AvgIpc) is 2.35. The Kier molecular flexibility index (Phi) is 4.82. The van der Waals surface area contributed by atoms with Crippen molar-refractivity contribution in [3.8, 4) is 0 Å². The summed E-state index contributed by atoms with van der Waals surface area (Å²) < 4.78 is 4.57. The zero-order valence-electron chi connectivity index (χ0n) is 10.4. The summed E-state index contributed by atoms with van der Waals surface area (Å²) in [6.45, 7) is 3.77. The molecule has 0 unspecified atom stereocenters. The molecular formula is C13H17NO3. The fourth-order valence-electron chi connectivity index (χ4n) is 1.35. The Morgan fingerprint density at radius 3 is 2.53 bits per heavy atom. The van der Waals surface area contributed by atoms with Gasteiger partial charge in [0.05, 0.1) is 12.7 Å². The molecule has 0 bridgehead atoms. The van der Waals surface area contributed by atoms with Gasteiger partial charge < -0.3 is 4.74 Å². The van der Waals surface area contributed by atoms with Gasteiger partial charge in [-0.25, -0.2) is 4.79 Å². The molecule has 0 radical (unpaired) electrons. The Labute approximate surface area is 101 Å². The second-order valence-corrected chi connectivity index (χ2v) is 4.15. The van der Waals surface area contributed by atoms with Crippen LogP contribution in [0.1, 0.15) is 36.3 Å². The van der Waals surface area contributed by atoms with Gasteiger partial charge in [0.2, 0.25) is 0 Å². The van der Waals surface area contributed by atoms with Crippen LogP contribution in [0, 0.1) is 5.92 Å². The number of ketones is 1. The second kappa shape index (κ2) is 6.13. The second-order valence-electron chi connectivity index (χ2n) is 4.15. The van der Waals surface area contributed by atoms with Crippen molar-refractivity contribution in [2.24, 2.45) is 5.92 Å². The first-order valence-electron chi connectivity index (χ1n) is 5.60. The predicted molar refractivity (Wildman–Crippen MR) is 63.7 cm³/mol. The van der Waals surface area contributed by atoms with Crippen LogP contribution in [0.4, 0.5) is 0 Å². The van der Waals surface area contributed by atoms with Crippen molar-refractivity contribution in [2.45, 2.75) is 26.7 Å². The smallest absolute Gasteiger partial charge is 0.339 e. The number of pyridine rings is 1. The van der Waals surface area contributed by atoms with Crippen LogP contribution in [-0.2, 0) is 16.0 Å². The van der Waals surface area contributed by atoms with Gasteiger partial charge in [-0.05, 0) is 18.6 Å². The Morgan fingerprint density at radius 2 is 2.06 bits per heavy atom. The summed E-state index contributed by atoms with van der Waals surface area (Å²) in [6, 6.07) is 3.41. The van der Waals surface area contributed by atoms with E-state index in [-0.39, 0.29) is 11.7 Å². The summed E-state index contributed by atoms with van der Waals surface area (Å²) in [4.78, 5) is 26.7. The zero-order valence-corrected chi connectivity index (χ0v) is 10.4. The van der Waals surface area contributed by atoms with Crippen molar-refractivity contribution in [3.63, 3.8) is 0 Å². The zero-order chi connectivity index (χ0) is 12.8. The van der Waals surface area contributed by atoms with Gasteiger partial charge in [-0.15, -0.1) is 0 Å². The van der Waals surface area contributed by atoms with Gasteiger partial charge in [0.1, 0.15) is 5.78 Å². The van der Waals surface area contributed by atoms with Crippen LogP contribution >= 0.6 is 0 Å². The highest BCUT2D eigenvalue weighted by Gasteiger charge is 2.09. The molecule has 4 nitrogen and oxygen atoms in total. The van der Waals surface area contributed by atoms with Crippen molar-refractivity contribution in [1.29, 1.82) is 0 Å². The number of carbonyl (C=O) groups excluding carboxylic acids is 2. The van der Waals surface area contributed by atoms with Gasteiger partial charge in [-0.2, -0.15) is 0 Å². The number of hydrogen-bond donors (Lipinski definition) is 0. The minimum Gasteiger partial charge on any atom is -0.465 e. The third kappa shape index (κ3) is 3.98. The van der Waals surface area contributed by atoms with Crippen LogP contribution in [-0.4, -0.2) is 23.8 Å². The molecule has 0 saturated heterocycles. The Balaban J connectivity index is 2.57. The fourth-order valence-corrected chi connectivity index (χ4v) is 1.35. The Bertz CT molecular complexity index is 396. The molecule has 0 saturated carbocycles. The lowest BCUT2D eigenvalue weighted by Gasteiger charge is -2.04. The van der Waals surface area contributed by atoms with Crippen LogP contribution in [0.3, 0.4) is 0 Å². The lowest BCUT2D eigenvalue weighted by Crippen LogP contribution is -2.09. The highest BCUT2D eigenvalue weighted by molar-refractivity contribution is 5.88. The predicted octanol–water partition coefficient (Wildman–Crippen LogP) is 2.03. The van der Waals surface area contributed by atoms with E-state index in [0.29, 0.717) is 18.4 Å². The molecule has 0 N–H and O–H groups in total.